The van der Waals surface area contributed by atoms with E-state index in [9.17, 15) is 9.59 Å². The summed E-state index contributed by atoms with van der Waals surface area (Å²) < 4.78 is 4.98. The van der Waals surface area contributed by atoms with Crippen molar-refractivity contribution in [1.82, 2.24) is 0 Å². The Labute approximate surface area is 102 Å². The molecule has 0 amide bonds. The summed E-state index contributed by atoms with van der Waals surface area (Å²) in [4.78, 5) is 22.0. The number of esters is 1. The van der Waals surface area contributed by atoms with Crippen molar-refractivity contribution in [1.29, 1.82) is 0 Å². The van der Waals surface area contributed by atoms with Gasteiger partial charge in [0.2, 0.25) is 0 Å². The predicted octanol–water partition coefficient (Wildman–Crippen LogP) is 2.56. The fourth-order valence-corrected chi connectivity index (χ4v) is 1.67. The minimum Gasteiger partial charge on any atom is -0.462 e. The van der Waals surface area contributed by atoms with Crippen LogP contribution < -0.4 is 0 Å². The van der Waals surface area contributed by atoms with Crippen LogP contribution >= 0.6 is 0 Å². The lowest BCUT2D eigenvalue weighted by Crippen LogP contribution is -2.06. The van der Waals surface area contributed by atoms with Gasteiger partial charge in [-0.3, -0.25) is 0 Å². The van der Waals surface area contributed by atoms with Gasteiger partial charge in [-0.1, -0.05) is 13.0 Å². The summed E-state index contributed by atoms with van der Waals surface area (Å²) in [7, 11) is 0. The van der Waals surface area contributed by atoms with E-state index >= 15 is 0 Å². The number of carbonyl (C=O) groups excluding carboxylic acids is 2. The van der Waals surface area contributed by atoms with Crippen molar-refractivity contribution < 1.29 is 14.3 Å². The lowest BCUT2D eigenvalue weighted by molar-refractivity contribution is -0.107. The van der Waals surface area contributed by atoms with Gasteiger partial charge in [-0.25, -0.2) is 4.79 Å². The maximum Gasteiger partial charge on any atom is 0.338 e. The number of rotatable bonds is 6. The fourth-order valence-electron chi connectivity index (χ4n) is 1.67. The summed E-state index contributed by atoms with van der Waals surface area (Å²) in [6, 6.07) is 5.69. The van der Waals surface area contributed by atoms with Gasteiger partial charge in [0.15, 0.2) is 0 Å². The number of ether oxygens (including phenoxy) is 1. The van der Waals surface area contributed by atoms with Crippen molar-refractivity contribution in [3.8, 4) is 0 Å². The normalized spacial score (nSPS) is 10.0. The zero-order valence-corrected chi connectivity index (χ0v) is 10.4. The standard InChI is InChI=1S/C14H18O3/c1-3-11-8-12(6-5-7-15)10-13(9-11)14(16)17-4-2/h7-10H,3-6H2,1-2H3. The molecule has 0 saturated heterocycles. The summed E-state index contributed by atoms with van der Waals surface area (Å²) in [6.07, 6.45) is 2.91. The second kappa shape index (κ2) is 6.84. The van der Waals surface area contributed by atoms with Crippen LogP contribution in [-0.2, 0) is 22.4 Å². The molecule has 0 unspecified atom stereocenters. The molecule has 1 aromatic rings. The maximum atomic E-state index is 11.6. The number of aldehydes is 1. The Kier molecular flexibility index (Phi) is 5.40. The van der Waals surface area contributed by atoms with E-state index in [-0.39, 0.29) is 5.97 Å². The van der Waals surface area contributed by atoms with Crippen molar-refractivity contribution >= 4 is 12.3 Å². The lowest BCUT2D eigenvalue weighted by Gasteiger charge is -2.07. The molecule has 0 aliphatic rings. The number of aryl methyl sites for hydroxylation is 2. The highest BCUT2D eigenvalue weighted by Crippen LogP contribution is 2.14. The van der Waals surface area contributed by atoms with Crippen LogP contribution in [0.3, 0.4) is 0 Å². The largest absolute Gasteiger partial charge is 0.462 e. The molecule has 0 saturated carbocycles. The number of carbonyl (C=O) groups is 2. The van der Waals surface area contributed by atoms with Crippen molar-refractivity contribution in [3.05, 3.63) is 34.9 Å². The van der Waals surface area contributed by atoms with E-state index in [4.69, 9.17) is 4.74 Å². The van der Waals surface area contributed by atoms with Gasteiger partial charge in [0.1, 0.15) is 6.29 Å². The second-order valence-corrected chi connectivity index (χ2v) is 3.82. The van der Waals surface area contributed by atoms with E-state index < -0.39 is 0 Å². The average molecular weight is 234 g/mol. The summed E-state index contributed by atoms with van der Waals surface area (Å²) in [5, 5.41) is 0. The Hall–Kier alpha value is -1.64. The van der Waals surface area contributed by atoms with Gasteiger partial charge in [0.05, 0.1) is 12.2 Å². The Morgan fingerprint density at radius 3 is 2.53 bits per heavy atom. The Balaban J connectivity index is 2.95. The van der Waals surface area contributed by atoms with Crippen LogP contribution in [0.2, 0.25) is 0 Å². The molecule has 0 bridgehead atoms. The van der Waals surface area contributed by atoms with E-state index in [2.05, 4.69) is 0 Å². The zero-order valence-electron chi connectivity index (χ0n) is 10.4. The third-order valence-corrected chi connectivity index (χ3v) is 2.52. The van der Waals surface area contributed by atoms with Gasteiger partial charge in [-0.2, -0.15) is 0 Å². The first-order valence-corrected chi connectivity index (χ1v) is 5.94. The van der Waals surface area contributed by atoms with E-state index in [0.717, 1.165) is 23.8 Å². The van der Waals surface area contributed by atoms with E-state index in [0.29, 0.717) is 25.0 Å². The van der Waals surface area contributed by atoms with Crippen LogP contribution in [0.5, 0.6) is 0 Å². The highest BCUT2D eigenvalue weighted by atomic mass is 16.5. The first-order valence-electron chi connectivity index (χ1n) is 5.94. The summed E-state index contributed by atoms with van der Waals surface area (Å²) in [6.45, 7) is 4.20. The van der Waals surface area contributed by atoms with Crippen LogP contribution in [0.25, 0.3) is 0 Å². The molecule has 0 spiro atoms. The van der Waals surface area contributed by atoms with Crippen LogP contribution in [-0.4, -0.2) is 18.9 Å². The molecule has 0 atom stereocenters. The third-order valence-electron chi connectivity index (χ3n) is 2.52. The third kappa shape index (κ3) is 4.02. The molecule has 0 aliphatic carbocycles. The second-order valence-electron chi connectivity index (χ2n) is 3.82. The highest BCUT2D eigenvalue weighted by Gasteiger charge is 2.09. The average Bonchev–Trinajstić information content (AvgIpc) is 2.36. The fraction of sp³-hybridized carbons (Fsp3) is 0.429. The first-order chi connectivity index (χ1) is 8.21. The monoisotopic (exact) mass is 234 g/mol. The molecule has 0 aromatic heterocycles. The maximum absolute atomic E-state index is 11.6. The molecular weight excluding hydrogens is 216 g/mol. The minimum atomic E-state index is -0.296. The molecule has 0 fully saturated rings. The highest BCUT2D eigenvalue weighted by molar-refractivity contribution is 5.89. The smallest absolute Gasteiger partial charge is 0.338 e. The molecular formula is C14H18O3. The summed E-state index contributed by atoms with van der Waals surface area (Å²) >= 11 is 0. The topological polar surface area (TPSA) is 43.4 Å². The molecule has 1 rings (SSSR count). The molecule has 0 aliphatic heterocycles. The summed E-state index contributed by atoms with van der Waals surface area (Å²) in [5.41, 5.74) is 2.68. The molecule has 3 heteroatoms. The van der Waals surface area contributed by atoms with E-state index in [1.54, 1.807) is 13.0 Å². The minimum absolute atomic E-state index is 0.296. The van der Waals surface area contributed by atoms with Crippen molar-refractivity contribution in [2.24, 2.45) is 0 Å². The molecule has 17 heavy (non-hydrogen) atoms. The lowest BCUT2D eigenvalue weighted by atomic mass is 10.0. The van der Waals surface area contributed by atoms with Crippen LogP contribution in [0.4, 0.5) is 0 Å². The molecule has 92 valence electrons. The number of hydrogen-bond acceptors (Lipinski definition) is 3. The van der Waals surface area contributed by atoms with Crippen molar-refractivity contribution in [2.45, 2.75) is 33.1 Å². The molecule has 0 radical (unpaired) electrons. The van der Waals surface area contributed by atoms with Crippen molar-refractivity contribution in [3.63, 3.8) is 0 Å². The first kappa shape index (κ1) is 13.4. The van der Waals surface area contributed by atoms with E-state index in [1.165, 1.54) is 0 Å². The quantitative estimate of drug-likeness (QED) is 0.561. The predicted molar refractivity (Wildman–Crippen MR) is 66.2 cm³/mol. The Morgan fingerprint density at radius 2 is 1.94 bits per heavy atom. The Morgan fingerprint density at radius 1 is 1.24 bits per heavy atom. The van der Waals surface area contributed by atoms with Crippen LogP contribution in [0.1, 0.15) is 41.8 Å². The molecule has 0 heterocycles. The van der Waals surface area contributed by atoms with Gasteiger partial charge >= 0.3 is 5.97 Å². The number of hydrogen-bond donors (Lipinski definition) is 0. The van der Waals surface area contributed by atoms with E-state index in [1.807, 2.05) is 19.1 Å². The Bertz CT molecular complexity index is 396. The zero-order chi connectivity index (χ0) is 12.7. The molecule has 3 nitrogen and oxygen atoms in total. The number of benzene rings is 1. The van der Waals surface area contributed by atoms with Crippen molar-refractivity contribution in [2.75, 3.05) is 6.61 Å². The summed E-state index contributed by atoms with van der Waals surface area (Å²) in [5.74, 6) is -0.296. The SMILES string of the molecule is CCOC(=O)c1cc(CC)cc(CCC=O)c1. The van der Waals surface area contributed by atoms with Crippen LogP contribution in [0, 0.1) is 0 Å². The van der Waals surface area contributed by atoms with Gasteiger partial charge in [0.25, 0.3) is 0 Å². The van der Waals surface area contributed by atoms with Gasteiger partial charge in [-0.05, 0) is 43.0 Å². The van der Waals surface area contributed by atoms with Gasteiger partial charge < -0.3 is 9.53 Å². The van der Waals surface area contributed by atoms with Crippen LogP contribution in [0.15, 0.2) is 18.2 Å². The molecule has 0 N–H and O–H groups in total. The van der Waals surface area contributed by atoms with Gasteiger partial charge in [0, 0.05) is 6.42 Å². The molecule has 1 aromatic carbocycles. The van der Waals surface area contributed by atoms with Gasteiger partial charge in [-0.15, -0.1) is 0 Å².